The van der Waals surface area contributed by atoms with Gasteiger partial charge in [-0.3, -0.25) is 10.1 Å². The van der Waals surface area contributed by atoms with Crippen LogP contribution >= 0.6 is 11.3 Å². The number of benzene rings is 1. The van der Waals surface area contributed by atoms with Gasteiger partial charge in [-0.15, -0.1) is 11.3 Å². The van der Waals surface area contributed by atoms with E-state index < -0.39 is 21.9 Å². The van der Waals surface area contributed by atoms with E-state index in [0.717, 1.165) is 48.0 Å². The van der Waals surface area contributed by atoms with Crippen LogP contribution in [0.1, 0.15) is 47.0 Å². The van der Waals surface area contributed by atoms with Gasteiger partial charge in [-0.25, -0.2) is 22.5 Å². The number of rotatable bonds is 7. The van der Waals surface area contributed by atoms with Gasteiger partial charge in [0.25, 0.3) is 5.91 Å². The Morgan fingerprint density at radius 3 is 2.58 bits per heavy atom. The Kier molecular flexibility index (Phi) is 7.29. The molecule has 3 rings (SSSR count). The van der Waals surface area contributed by atoms with Crippen LogP contribution in [-0.4, -0.2) is 63.4 Å². The van der Waals surface area contributed by atoms with Crippen LogP contribution in [0.25, 0.3) is 0 Å². The van der Waals surface area contributed by atoms with Crippen molar-refractivity contribution in [2.45, 2.75) is 31.1 Å². The Hall–Kier alpha value is -2.50. The zero-order chi connectivity index (χ0) is 22.6. The average Bonchev–Trinajstić information content (AvgIpc) is 3.22. The van der Waals surface area contributed by atoms with Gasteiger partial charge in [0.2, 0.25) is 10.0 Å². The summed E-state index contributed by atoms with van der Waals surface area (Å²) >= 11 is 1.10. The molecule has 1 amide bonds. The molecule has 31 heavy (non-hydrogen) atoms. The normalized spacial score (nSPS) is 14.5. The number of hydrogen-bond acceptors (Lipinski definition) is 8. The molecule has 1 aliphatic rings. The summed E-state index contributed by atoms with van der Waals surface area (Å²) in [6, 6.07) is 4.61. The van der Waals surface area contributed by atoms with E-state index in [4.69, 9.17) is 4.74 Å². The van der Waals surface area contributed by atoms with Gasteiger partial charge in [0.1, 0.15) is 0 Å². The molecule has 9 nitrogen and oxygen atoms in total. The monoisotopic (exact) mass is 466 g/mol. The van der Waals surface area contributed by atoms with Gasteiger partial charge in [0.05, 0.1) is 17.1 Å². The van der Waals surface area contributed by atoms with E-state index in [9.17, 15) is 18.0 Å². The highest BCUT2D eigenvalue weighted by Crippen LogP contribution is 2.29. The van der Waals surface area contributed by atoms with Crippen molar-refractivity contribution < 1.29 is 22.7 Å². The summed E-state index contributed by atoms with van der Waals surface area (Å²) in [6.45, 7) is 3.52. The highest BCUT2D eigenvalue weighted by Gasteiger charge is 2.25. The third-order valence-corrected chi connectivity index (χ3v) is 7.47. The van der Waals surface area contributed by atoms with Gasteiger partial charge < -0.3 is 9.64 Å². The zero-order valence-electron chi connectivity index (χ0n) is 17.8. The number of carbonyl (C=O) groups excluding carboxylic acids is 2. The number of thiazole rings is 1. The molecule has 0 bridgehead atoms. The van der Waals surface area contributed by atoms with Crippen LogP contribution in [0.3, 0.4) is 0 Å². The van der Waals surface area contributed by atoms with E-state index in [-0.39, 0.29) is 27.9 Å². The predicted octanol–water partition coefficient (Wildman–Crippen LogP) is 2.81. The number of sulfonamides is 1. The fraction of sp³-hybridized carbons (Fsp3) is 0.450. The molecule has 0 aliphatic carbocycles. The number of anilines is 2. The number of piperidine rings is 1. The van der Waals surface area contributed by atoms with Gasteiger partial charge in [0.15, 0.2) is 10.8 Å². The third-order valence-electron chi connectivity index (χ3n) is 4.90. The largest absolute Gasteiger partial charge is 0.461 e. The molecule has 0 saturated carbocycles. The third kappa shape index (κ3) is 5.23. The van der Waals surface area contributed by atoms with Crippen LogP contribution < -0.4 is 10.2 Å². The summed E-state index contributed by atoms with van der Waals surface area (Å²) in [5.74, 6) is -1.05. The lowest BCUT2D eigenvalue weighted by molar-refractivity contribution is 0.0520. The maximum Gasteiger partial charge on any atom is 0.357 e. The molecule has 1 saturated heterocycles. The van der Waals surface area contributed by atoms with E-state index in [0.29, 0.717) is 5.69 Å². The molecule has 11 heteroatoms. The number of aromatic nitrogens is 1. The standard InChI is InChI=1S/C20H26N4O5S2/c1-4-29-19(26)16-13-30-20(21-16)22-18(25)15-12-14(31(27,28)23(2)3)8-9-17(15)24-10-6-5-7-11-24/h8-9,12-13H,4-7,10-11H2,1-3H3,(H,21,22,25). The van der Waals surface area contributed by atoms with E-state index in [2.05, 4.69) is 15.2 Å². The lowest BCUT2D eigenvalue weighted by atomic mass is 10.1. The molecule has 1 aliphatic heterocycles. The Morgan fingerprint density at radius 1 is 1.23 bits per heavy atom. The molecule has 1 aromatic heterocycles. The van der Waals surface area contributed by atoms with Crippen molar-refractivity contribution in [1.29, 1.82) is 0 Å². The molecule has 2 heterocycles. The zero-order valence-corrected chi connectivity index (χ0v) is 19.4. The van der Waals surface area contributed by atoms with Gasteiger partial charge in [-0.1, -0.05) is 0 Å². The van der Waals surface area contributed by atoms with Crippen LogP contribution in [0.4, 0.5) is 10.8 Å². The summed E-state index contributed by atoms with van der Waals surface area (Å²) in [7, 11) is -0.817. The maximum absolute atomic E-state index is 13.1. The van der Waals surface area contributed by atoms with Crippen LogP contribution in [-0.2, 0) is 14.8 Å². The minimum Gasteiger partial charge on any atom is -0.461 e. The number of carbonyl (C=O) groups is 2. The molecule has 0 atom stereocenters. The lowest BCUT2D eigenvalue weighted by Crippen LogP contribution is -2.32. The number of nitrogens with one attached hydrogen (secondary N) is 1. The number of hydrogen-bond donors (Lipinski definition) is 1. The molecular weight excluding hydrogens is 440 g/mol. The van der Waals surface area contributed by atoms with Crippen LogP contribution in [0.15, 0.2) is 28.5 Å². The quantitative estimate of drug-likeness (QED) is 0.625. The lowest BCUT2D eigenvalue weighted by Gasteiger charge is -2.30. The van der Waals surface area contributed by atoms with Crippen LogP contribution in [0, 0.1) is 0 Å². The van der Waals surface area contributed by atoms with Gasteiger partial charge in [-0.05, 0) is 44.4 Å². The van der Waals surface area contributed by atoms with Gasteiger partial charge in [0, 0.05) is 38.3 Å². The minimum absolute atomic E-state index is 0.0368. The number of amides is 1. The summed E-state index contributed by atoms with van der Waals surface area (Å²) in [5.41, 5.74) is 1.04. The highest BCUT2D eigenvalue weighted by atomic mass is 32.2. The second-order valence-electron chi connectivity index (χ2n) is 7.23. The Labute approximate surface area is 186 Å². The fourth-order valence-electron chi connectivity index (χ4n) is 3.27. The summed E-state index contributed by atoms with van der Waals surface area (Å²) < 4.78 is 31.3. The van der Waals surface area contributed by atoms with Crippen LogP contribution in [0.5, 0.6) is 0 Å². The summed E-state index contributed by atoms with van der Waals surface area (Å²) in [4.78, 5) is 31.2. The molecular formula is C20H26N4O5S2. The topological polar surface area (TPSA) is 109 Å². The van der Waals surface area contributed by atoms with Gasteiger partial charge in [-0.2, -0.15) is 0 Å². The molecule has 1 fully saturated rings. The maximum atomic E-state index is 13.1. The Morgan fingerprint density at radius 2 is 1.94 bits per heavy atom. The first-order chi connectivity index (χ1) is 14.7. The second-order valence-corrected chi connectivity index (χ2v) is 10.2. The highest BCUT2D eigenvalue weighted by molar-refractivity contribution is 7.89. The smallest absolute Gasteiger partial charge is 0.357 e. The molecule has 0 unspecified atom stereocenters. The van der Waals surface area contributed by atoms with Gasteiger partial charge >= 0.3 is 5.97 Å². The van der Waals surface area contributed by atoms with E-state index >= 15 is 0 Å². The summed E-state index contributed by atoms with van der Waals surface area (Å²) in [5, 5.41) is 4.43. The van der Waals surface area contributed by atoms with Crippen molar-refractivity contribution in [2.24, 2.45) is 0 Å². The van der Waals surface area contributed by atoms with E-state index in [1.807, 2.05) is 0 Å². The molecule has 1 N–H and O–H groups in total. The Balaban J connectivity index is 1.94. The second kappa shape index (κ2) is 9.75. The summed E-state index contributed by atoms with van der Waals surface area (Å²) in [6.07, 6.45) is 3.14. The number of nitrogens with zero attached hydrogens (tertiary/aromatic N) is 3. The molecule has 0 spiro atoms. The molecule has 1 aromatic carbocycles. The van der Waals surface area contributed by atoms with Crippen molar-refractivity contribution in [3.05, 3.63) is 34.8 Å². The van der Waals surface area contributed by atoms with Crippen molar-refractivity contribution in [1.82, 2.24) is 9.29 Å². The number of esters is 1. The Bertz CT molecular complexity index is 1060. The molecule has 2 aromatic rings. The predicted molar refractivity (Wildman–Crippen MR) is 119 cm³/mol. The first-order valence-corrected chi connectivity index (χ1v) is 12.3. The van der Waals surface area contributed by atoms with Crippen molar-refractivity contribution in [3.8, 4) is 0 Å². The van der Waals surface area contributed by atoms with Crippen molar-refractivity contribution in [3.63, 3.8) is 0 Å². The SMILES string of the molecule is CCOC(=O)c1csc(NC(=O)c2cc(S(=O)(=O)N(C)C)ccc2N2CCCCC2)n1. The van der Waals surface area contributed by atoms with E-state index in [1.54, 1.807) is 13.0 Å². The van der Waals surface area contributed by atoms with Crippen LogP contribution in [0.2, 0.25) is 0 Å². The first kappa shape index (κ1) is 23.2. The van der Waals surface area contributed by atoms with E-state index in [1.165, 1.54) is 31.6 Å². The number of ether oxygens (including phenoxy) is 1. The van der Waals surface area contributed by atoms with Crippen molar-refractivity contribution in [2.75, 3.05) is 44.0 Å². The minimum atomic E-state index is -3.71. The first-order valence-electron chi connectivity index (χ1n) is 9.99. The molecule has 168 valence electrons. The average molecular weight is 467 g/mol. The fourth-order valence-corrected chi connectivity index (χ4v) is 4.88. The van der Waals surface area contributed by atoms with Crippen molar-refractivity contribution >= 4 is 44.1 Å². The molecule has 0 radical (unpaired) electrons.